The molecule has 0 amide bonds. The summed E-state index contributed by atoms with van der Waals surface area (Å²) in [5.74, 6) is -0.793. The number of nitrogens with two attached hydrogens (primary N) is 1. The van der Waals surface area contributed by atoms with Crippen LogP contribution in [0.1, 0.15) is 27.7 Å². The Labute approximate surface area is 121 Å². The zero-order valence-corrected chi connectivity index (χ0v) is 12.4. The maximum absolute atomic E-state index is 14.1. The van der Waals surface area contributed by atoms with E-state index in [0.717, 1.165) is 11.1 Å². The topological polar surface area (TPSA) is 52.3 Å². The Morgan fingerprint density at radius 3 is 2.70 bits per heavy atom. The third-order valence-electron chi connectivity index (χ3n) is 3.14. The van der Waals surface area contributed by atoms with Gasteiger partial charge in [0.15, 0.2) is 0 Å². The van der Waals surface area contributed by atoms with Gasteiger partial charge in [-0.2, -0.15) is 0 Å². The number of rotatable bonds is 3. The molecule has 5 heteroatoms. The van der Waals surface area contributed by atoms with Crippen LogP contribution in [-0.2, 0) is 11.2 Å². The second-order valence-corrected chi connectivity index (χ2v) is 5.50. The summed E-state index contributed by atoms with van der Waals surface area (Å²) in [6, 6.07) is 5.03. The highest BCUT2D eigenvalue weighted by atomic mass is 32.1. The summed E-state index contributed by atoms with van der Waals surface area (Å²) in [6.45, 7) is 3.76. The van der Waals surface area contributed by atoms with Gasteiger partial charge in [0.25, 0.3) is 0 Å². The van der Waals surface area contributed by atoms with Crippen molar-refractivity contribution in [2.75, 3.05) is 12.8 Å². The van der Waals surface area contributed by atoms with Crippen molar-refractivity contribution in [2.45, 2.75) is 20.3 Å². The highest BCUT2D eigenvalue weighted by molar-refractivity contribution is 7.18. The Bertz CT molecular complexity index is 664. The van der Waals surface area contributed by atoms with Gasteiger partial charge in [-0.25, -0.2) is 9.18 Å². The number of nitrogen functional groups attached to an aromatic ring is 1. The van der Waals surface area contributed by atoms with Crippen molar-refractivity contribution in [1.82, 2.24) is 0 Å². The first-order chi connectivity index (χ1) is 9.49. The molecule has 0 saturated carbocycles. The van der Waals surface area contributed by atoms with Crippen molar-refractivity contribution in [3.63, 3.8) is 0 Å². The van der Waals surface area contributed by atoms with Crippen LogP contribution < -0.4 is 5.73 Å². The first kappa shape index (κ1) is 14.5. The van der Waals surface area contributed by atoms with Gasteiger partial charge in [-0.1, -0.05) is 19.1 Å². The molecule has 3 nitrogen and oxygen atoms in total. The van der Waals surface area contributed by atoms with Crippen molar-refractivity contribution >= 4 is 23.0 Å². The van der Waals surface area contributed by atoms with Crippen molar-refractivity contribution < 1.29 is 13.9 Å². The number of hydrogen-bond acceptors (Lipinski definition) is 4. The molecule has 20 heavy (non-hydrogen) atoms. The molecule has 0 saturated heterocycles. The Morgan fingerprint density at radius 1 is 1.45 bits per heavy atom. The minimum Gasteiger partial charge on any atom is -0.465 e. The summed E-state index contributed by atoms with van der Waals surface area (Å²) in [5, 5.41) is 0. The predicted octanol–water partition coefficient (Wildman–Crippen LogP) is 3.79. The van der Waals surface area contributed by atoms with E-state index in [0.29, 0.717) is 27.4 Å². The van der Waals surface area contributed by atoms with Crippen molar-refractivity contribution in [3.05, 3.63) is 40.0 Å². The van der Waals surface area contributed by atoms with Gasteiger partial charge in [0, 0.05) is 10.4 Å². The predicted molar refractivity (Wildman–Crippen MR) is 79.6 cm³/mol. The van der Waals surface area contributed by atoms with E-state index in [1.54, 1.807) is 6.07 Å². The highest BCUT2D eigenvalue weighted by Gasteiger charge is 2.22. The van der Waals surface area contributed by atoms with E-state index in [2.05, 4.69) is 0 Å². The van der Waals surface area contributed by atoms with Gasteiger partial charge < -0.3 is 10.5 Å². The third kappa shape index (κ3) is 2.41. The Kier molecular flexibility index (Phi) is 4.09. The molecule has 0 unspecified atom stereocenters. The summed E-state index contributed by atoms with van der Waals surface area (Å²) in [4.78, 5) is 12.7. The van der Waals surface area contributed by atoms with Crippen molar-refractivity contribution in [1.29, 1.82) is 0 Å². The number of esters is 1. The van der Waals surface area contributed by atoms with Crippen LogP contribution in [0, 0.1) is 12.7 Å². The van der Waals surface area contributed by atoms with Crippen LogP contribution in [-0.4, -0.2) is 13.1 Å². The maximum Gasteiger partial charge on any atom is 0.350 e. The molecule has 0 aliphatic rings. The highest BCUT2D eigenvalue weighted by Crippen LogP contribution is 2.40. The molecule has 0 aliphatic heterocycles. The largest absolute Gasteiger partial charge is 0.465 e. The van der Waals surface area contributed by atoms with Gasteiger partial charge in [-0.15, -0.1) is 11.3 Å². The van der Waals surface area contributed by atoms with Crippen LogP contribution in [0.4, 0.5) is 10.1 Å². The number of anilines is 1. The maximum atomic E-state index is 14.1. The summed E-state index contributed by atoms with van der Waals surface area (Å²) < 4.78 is 18.8. The fraction of sp³-hybridized carbons (Fsp3) is 0.267. The fourth-order valence-electron chi connectivity index (χ4n) is 2.10. The fourth-order valence-corrected chi connectivity index (χ4v) is 3.35. The normalized spacial score (nSPS) is 10.6. The van der Waals surface area contributed by atoms with Crippen LogP contribution >= 0.6 is 11.3 Å². The SMILES string of the molecule is CCc1c(-c2ccc(C)cc2F)sc(C(=O)OC)c1N. The molecule has 106 valence electrons. The molecule has 0 atom stereocenters. The number of ether oxygens (including phenoxy) is 1. The van der Waals surface area contributed by atoms with E-state index in [1.165, 1.54) is 24.5 Å². The monoisotopic (exact) mass is 293 g/mol. The van der Waals surface area contributed by atoms with Crippen LogP contribution in [0.2, 0.25) is 0 Å². The molecule has 1 heterocycles. The number of hydrogen-bond donors (Lipinski definition) is 1. The molecule has 2 aromatic rings. The molecular weight excluding hydrogens is 277 g/mol. The van der Waals surface area contributed by atoms with E-state index in [1.807, 2.05) is 19.9 Å². The van der Waals surface area contributed by atoms with E-state index in [4.69, 9.17) is 10.5 Å². The van der Waals surface area contributed by atoms with E-state index in [9.17, 15) is 9.18 Å². The Balaban J connectivity index is 2.64. The first-order valence-corrected chi connectivity index (χ1v) is 7.07. The summed E-state index contributed by atoms with van der Waals surface area (Å²) >= 11 is 1.18. The summed E-state index contributed by atoms with van der Waals surface area (Å²) in [6.07, 6.45) is 0.627. The van der Waals surface area contributed by atoms with Gasteiger partial charge in [0.1, 0.15) is 10.7 Å². The smallest absolute Gasteiger partial charge is 0.350 e. The van der Waals surface area contributed by atoms with Crippen LogP contribution in [0.3, 0.4) is 0 Å². The number of methoxy groups -OCH3 is 1. The molecule has 0 spiro atoms. The lowest BCUT2D eigenvalue weighted by atomic mass is 10.0. The summed E-state index contributed by atoms with van der Waals surface area (Å²) in [7, 11) is 1.30. The quantitative estimate of drug-likeness (QED) is 0.876. The van der Waals surface area contributed by atoms with Crippen molar-refractivity contribution in [2.24, 2.45) is 0 Å². The first-order valence-electron chi connectivity index (χ1n) is 6.25. The van der Waals surface area contributed by atoms with Gasteiger partial charge >= 0.3 is 5.97 Å². The van der Waals surface area contributed by atoms with Gasteiger partial charge in [-0.05, 0) is 30.5 Å². The van der Waals surface area contributed by atoms with Crippen LogP contribution in [0.25, 0.3) is 10.4 Å². The standard InChI is InChI=1S/C15H16FNO2S/c1-4-9-12(17)14(15(18)19-3)20-13(9)10-6-5-8(2)7-11(10)16/h5-7H,4,17H2,1-3H3. The minimum absolute atomic E-state index is 0.308. The van der Waals surface area contributed by atoms with Gasteiger partial charge in [-0.3, -0.25) is 0 Å². The number of thiophene rings is 1. The zero-order chi connectivity index (χ0) is 14.9. The molecule has 0 radical (unpaired) electrons. The van der Waals surface area contributed by atoms with Gasteiger partial charge in [0.05, 0.1) is 12.8 Å². The van der Waals surface area contributed by atoms with E-state index >= 15 is 0 Å². The molecule has 2 N–H and O–H groups in total. The number of carbonyl (C=O) groups is 1. The lowest BCUT2D eigenvalue weighted by Gasteiger charge is -2.05. The second-order valence-electron chi connectivity index (χ2n) is 4.48. The molecular formula is C15H16FNO2S. The minimum atomic E-state index is -0.485. The molecule has 0 bridgehead atoms. The molecule has 1 aromatic carbocycles. The van der Waals surface area contributed by atoms with Crippen LogP contribution in [0.15, 0.2) is 18.2 Å². The second kappa shape index (κ2) is 5.63. The Hall–Kier alpha value is -1.88. The average molecular weight is 293 g/mol. The number of benzene rings is 1. The molecule has 2 rings (SSSR count). The third-order valence-corrected chi connectivity index (χ3v) is 4.40. The molecule has 0 aliphatic carbocycles. The number of aryl methyl sites for hydroxylation is 1. The molecule has 1 aromatic heterocycles. The number of carbonyl (C=O) groups excluding carboxylic acids is 1. The zero-order valence-electron chi connectivity index (χ0n) is 11.6. The Morgan fingerprint density at radius 2 is 2.15 bits per heavy atom. The van der Waals surface area contributed by atoms with Crippen LogP contribution in [0.5, 0.6) is 0 Å². The van der Waals surface area contributed by atoms with E-state index in [-0.39, 0.29) is 5.82 Å². The number of halogens is 1. The summed E-state index contributed by atoms with van der Waals surface area (Å²) in [5.41, 5.74) is 8.49. The van der Waals surface area contributed by atoms with Crippen molar-refractivity contribution in [3.8, 4) is 10.4 Å². The lowest BCUT2D eigenvalue weighted by molar-refractivity contribution is 0.0607. The van der Waals surface area contributed by atoms with E-state index < -0.39 is 5.97 Å². The average Bonchev–Trinajstić information content (AvgIpc) is 2.74. The molecule has 0 fully saturated rings. The van der Waals surface area contributed by atoms with Gasteiger partial charge in [0.2, 0.25) is 0 Å². The lowest BCUT2D eigenvalue weighted by Crippen LogP contribution is -2.02.